The molecule has 0 amide bonds. The van der Waals surface area contributed by atoms with E-state index in [-0.39, 0.29) is 0 Å². The maximum absolute atomic E-state index is 4.46. The molecule has 3 unspecified atom stereocenters. The van der Waals surface area contributed by atoms with Gasteiger partial charge in [0.2, 0.25) is 5.95 Å². The molecule has 3 rings (SSSR count). The molecule has 1 heterocycles. The lowest BCUT2D eigenvalue weighted by Gasteiger charge is -2.21. The maximum Gasteiger partial charge on any atom is 0.224 e. The van der Waals surface area contributed by atoms with Gasteiger partial charge < -0.3 is 5.32 Å². The molecule has 1 N–H and O–H groups in total. The molecule has 2 bridgehead atoms. The first-order chi connectivity index (χ1) is 8.33. The lowest BCUT2D eigenvalue weighted by atomic mass is 9.88. The first kappa shape index (κ1) is 11.1. The number of rotatable bonds is 4. The predicted molar refractivity (Wildman–Crippen MR) is 68.0 cm³/mol. The molecule has 4 heteroatoms. The van der Waals surface area contributed by atoms with E-state index in [9.17, 15) is 0 Å². The number of aromatic nitrogens is 3. The smallest absolute Gasteiger partial charge is 0.224 e. The molecule has 2 saturated carbocycles. The highest BCUT2D eigenvalue weighted by molar-refractivity contribution is 5.27. The van der Waals surface area contributed by atoms with Gasteiger partial charge in [-0.1, -0.05) is 6.42 Å². The molecular weight excluding hydrogens is 212 g/mol. The predicted octanol–water partition coefficient (Wildman–Crippen LogP) is 2.63. The molecule has 2 aliphatic rings. The minimum Gasteiger partial charge on any atom is -0.355 e. The molecule has 2 fully saturated rings. The highest BCUT2D eigenvalue weighted by Gasteiger charge is 2.42. The summed E-state index contributed by atoms with van der Waals surface area (Å²) in [7, 11) is 0. The SMILES string of the molecule is CCNc1nnc(C2CC3CCC2C3)n1CC. The van der Waals surface area contributed by atoms with E-state index in [2.05, 4.69) is 33.9 Å². The van der Waals surface area contributed by atoms with Crippen LogP contribution >= 0.6 is 0 Å². The number of nitrogens with zero attached hydrogens (tertiary/aromatic N) is 3. The van der Waals surface area contributed by atoms with Crippen molar-refractivity contribution in [1.29, 1.82) is 0 Å². The largest absolute Gasteiger partial charge is 0.355 e. The molecule has 1 aromatic heterocycles. The van der Waals surface area contributed by atoms with Crippen molar-refractivity contribution >= 4 is 5.95 Å². The summed E-state index contributed by atoms with van der Waals surface area (Å²) in [6.07, 6.45) is 5.62. The molecule has 0 spiro atoms. The second kappa shape index (κ2) is 4.31. The Bertz CT molecular complexity index is 398. The summed E-state index contributed by atoms with van der Waals surface area (Å²) in [5, 5.41) is 12.1. The van der Waals surface area contributed by atoms with Crippen molar-refractivity contribution in [1.82, 2.24) is 14.8 Å². The minimum atomic E-state index is 0.675. The van der Waals surface area contributed by atoms with Crippen LogP contribution in [-0.2, 0) is 6.54 Å². The van der Waals surface area contributed by atoms with Gasteiger partial charge in [-0.15, -0.1) is 10.2 Å². The summed E-state index contributed by atoms with van der Waals surface area (Å²) in [5.41, 5.74) is 0. The van der Waals surface area contributed by atoms with E-state index in [1.54, 1.807) is 0 Å². The fourth-order valence-corrected chi connectivity index (χ4v) is 3.75. The van der Waals surface area contributed by atoms with Gasteiger partial charge in [0.15, 0.2) is 0 Å². The molecule has 2 aliphatic carbocycles. The van der Waals surface area contributed by atoms with E-state index in [0.717, 1.165) is 30.9 Å². The van der Waals surface area contributed by atoms with Crippen LogP contribution in [-0.4, -0.2) is 21.3 Å². The van der Waals surface area contributed by atoms with E-state index in [1.165, 1.54) is 31.5 Å². The number of anilines is 1. The van der Waals surface area contributed by atoms with E-state index in [4.69, 9.17) is 0 Å². The third-order valence-electron chi connectivity index (χ3n) is 4.50. The van der Waals surface area contributed by atoms with E-state index >= 15 is 0 Å². The Hall–Kier alpha value is -1.06. The molecule has 0 aromatic carbocycles. The van der Waals surface area contributed by atoms with Crippen molar-refractivity contribution in [2.75, 3.05) is 11.9 Å². The van der Waals surface area contributed by atoms with Crippen molar-refractivity contribution in [3.63, 3.8) is 0 Å². The summed E-state index contributed by atoms with van der Waals surface area (Å²) in [6.45, 7) is 6.17. The van der Waals surface area contributed by atoms with Crippen molar-refractivity contribution in [2.45, 2.75) is 52.0 Å². The van der Waals surface area contributed by atoms with Crippen LogP contribution in [0.4, 0.5) is 5.95 Å². The summed E-state index contributed by atoms with van der Waals surface area (Å²) >= 11 is 0. The van der Waals surface area contributed by atoms with E-state index in [1.807, 2.05) is 0 Å². The topological polar surface area (TPSA) is 42.7 Å². The highest BCUT2D eigenvalue weighted by Crippen LogP contribution is 2.52. The van der Waals surface area contributed by atoms with Gasteiger partial charge in [0, 0.05) is 19.0 Å². The highest BCUT2D eigenvalue weighted by atomic mass is 15.3. The minimum absolute atomic E-state index is 0.675. The Morgan fingerprint density at radius 2 is 2.12 bits per heavy atom. The Morgan fingerprint density at radius 1 is 1.24 bits per heavy atom. The van der Waals surface area contributed by atoms with Crippen LogP contribution in [0.3, 0.4) is 0 Å². The van der Waals surface area contributed by atoms with Crippen molar-refractivity contribution in [2.24, 2.45) is 11.8 Å². The Balaban J connectivity index is 1.87. The molecule has 4 nitrogen and oxygen atoms in total. The zero-order valence-corrected chi connectivity index (χ0v) is 10.8. The second-order valence-corrected chi connectivity index (χ2v) is 5.44. The fraction of sp³-hybridized carbons (Fsp3) is 0.846. The van der Waals surface area contributed by atoms with Gasteiger partial charge in [-0.05, 0) is 44.9 Å². The third-order valence-corrected chi connectivity index (χ3v) is 4.50. The van der Waals surface area contributed by atoms with E-state index in [0.29, 0.717) is 5.92 Å². The average Bonchev–Trinajstić information content (AvgIpc) is 3.02. The molecule has 17 heavy (non-hydrogen) atoms. The van der Waals surface area contributed by atoms with Gasteiger partial charge in [0.1, 0.15) is 5.82 Å². The maximum atomic E-state index is 4.46. The van der Waals surface area contributed by atoms with Gasteiger partial charge in [-0.2, -0.15) is 0 Å². The molecule has 3 atom stereocenters. The molecule has 0 aliphatic heterocycles. The Morgan fingerprint density at radius 3 is 2.71 bits per heavy atom. The molecule has 94 valence electrons. The van der Waals surface area contributed by atoms with Crippen LogP contribution in [0.25, 0.3) is 0 Å². The number of fused-ring (bicyclic) bond motifs is 2. The van der Waals surface area contributed by atoms with Gasteiger partial charge in [-0.3, -0.25) is 4.57 Å². The summed E-state index contributed by atoms with van der Waals surface area (Å²) in [6, 6.07) is 0. The zero-order valence-electron chi connectivity index (χ0n) is 10.8. The van der Waals surface area contributed by atoms with Gasteiger partial charge in [0.05, 0.1) is 0 Å². The second-order valence-electron chi connectivity index (χ2n) is 5.44. The van der Waals surface area contributed by atoms with Crippen molar-refractivity contribution < 1.29 is 0 Å². The first-order valence-corrected chi connectivity index (χ1v) is 7.00. The van der Waals surface area contributed by atoms with Crippen LogP contribution in [0.1, 0.15) is 51.3 Å². The molecule has 0 radical (unpaired) electrons. The van der Waals surface area contributed by atoms with E-state index < -0.39 is 0 Å². The Labute approximate surface area is 103 Å². The molecule has 0 saturated heterocycles. The number of hydrogen-bond acceptors (Lipinski definition) is 3. The number of nitrogens with one attached hydrogen (secondary N) is 1. The van der Waals surface area contributed by atoms with Crippen LogP contribution in [0, 0.1) is 11.8 Å². The van der Waals surface area contributed by atoms with Gasteiger partial charge >= 0.3 is 0 Å². The Kier molecular flexibility index (Phi) is 2.81. The average molecular weight is 234 g/mol. The number of hydrogen-bond donors (Lipinski definition) is 1. The lowest BCUT2D eigenvalue weighted by molar-refractivity contribution is 0.394. The fourth-order valence-electron chi connectivity index (χ4n) is 3.75. The lowest BCUT2D eigenvalue weighted by Crippen LogP contribution is -2.16. The summed E-state index contributed by atoms with van der Waals surface area (Å²) in [4.78, 5) is 0. The quantitative estimate of drug-likeness (QED) is 0.871. The normalized spacial score (nSPS) is 31.1. The van der Waals surface area contributed by atoms with Gasteiger partial charge in [-0.25, -0.2) is 0 Å². The van der Waals surface area contributed by atoms with Crippen LogP contribution in [0.2, 0.25) is 0 Å². The summed E-state index contributed by atoms with van der Waals surface area (Å²) in [5.74, 6) is 4.70. The zero-order chi connectivity index (χ0) is 11.8. The molecule has 1 aromatic rings. The van der Waals surface area contributed by atoms with Crippen molar-refractivity contribution in [3.05, 3.63) is 5.82 Å². The molecular formula is C13H22N4. The van der Waals surface area contributed by atoms with Gasteiger partial charge in [0.25, 0.3) is 0 Å². The first-order valence-electron chi connectivity index (χ1n) is 7.00. The van der Waals surface area contributed by atoms with Crippen LogP contribution in [0.5, 0.6) is 0 Å². The van der Waals surface area contributed by atoms with Crippen LogP contribution in [0.15, 0.2) is 0 Å². The van der Waals surface area contributed by atoms with Crippen molar-refractivity contribution in [3.8, 4) is 0 Å². The summed E-state index contributed by atoms with van der Waals surface area (Å²) < 4.78 is 2.27. The van der Waals surface area contributed by atoms with Crippen LogP contribution < -0.4 is 5.32 Å². The monoisotopic (exact) mass is 234 g/mol. The third kappa shape index (κ3) is 1.74. The standard InChI is InChI=1S/C13H22N4/c1-3-14-13-16-15-12(17(13)4-2)11-8-9-5-6-10(11)7-9/h9-11H,3-8H2,1-2H3,(H,14,16).